The zero-order valence-electron chi connectivity index (χ0n) is 17.6. The van der Waals surface area contributed by atoms with E-state index in [9.17, 15) is 12.8 Å². The zero-order chi connectivity index (χ0) is 21.7. The van der Waals surface area contributed by atoms with Crippen molar-refractivity contribution in [2.75, 3.05) is 55.7 Å². The van der Waals surface area contributed by atoms with Crippen molar-refractivity contribution >= 4 is 21.7 Å². The van der Waals surface area contributed by atoms with Gasteiger partial charge in [-0.15, -0.1) is 10.2 Å². The third kappa shape index (κ3) is 4.65. The second-order valence-electron chi connectivity index (χ2n) is 6.84. The number of anilines is 2. The van der Waals surface area contributed by atoms with E-state index in [0.717, 1.165) is 30.8 Å². The molecule has 0 radical (unpaired) electrons. The smallest absolute Gasteiger partial charge is 0.243 e. The standard InChI is InChI=1S/C20H28FN5O3S/c1-4-24(5-2)19-9-10-20(23-22-19)25-11-13-26(14-12-25)30(27,28)16-7-8-18(29-6-3)17(21)15-16/h7-10,15H,4-6,11-14H2,1-3H3. The molecule has 0 aliphatic carbocycles. The van der Waals surface area contributed by atoms with Gasteiger partial charge in [0.25, 0.3) is 0 Å². The van der Waals surface area contributed by atoms with Crippen LogP contribution in [0, 0.1) is 5.82 Å². The minimum absolute atomic E-state index is 0.0491. The maximum atomic E-state index is 14.1. The summed E-state index contributed by atoms with van der Waals surface area (Å²) in [5, 5.41) is 8.60. The van der Waals surface area contributed by atoms with Gasteiger partial charge < -0.3 is 14.5 Å². The number of hydrogen-bond donors (Lipinski definition) is 0. The van der Waals surface area contributed by atoms with E-state index in [-0.39, 0.29) is 23.7 Å². The third-order valence-corrected chi connectivity index (χ3v) is 7.02. The highest BCUT2D eigenvalue weighted by Crippen LogP contribution is 2.25. The van der Waals surface area contributed by atoms with Crippen LogP contribution in [0.25, 0.3) is 0 Å². The molecule has 0 bridgehead atoms. The number of ether oxygens (including phenoxy) is 1. The molecule has 2 aromatic rings. The van der Waals surface area contributed by atoms with Crippen molar-refractivity contribution in [2.24, 2.45) is 0 Å². The van der Waals surface area contributed by atoms with Gasteiger partial charge in [0.2, 0.25) is 10.0 Å². The van der Waals surface area contributed by atoms with Gasteiger partial charge in [-0.2, -0.15) is 4.31 Å². The minimum atomic E-state index is -3.78. The first kappa shape index (κ1) is 22.2. The highest BCUT2D eigenvalue weighted by molar-refractivity contribution is 7.89. The average molecular weight is 438 g/mol. The molecule has 30 heavy (non-hydrogen) atoms. The summed E-state index contributed by atoms with van der Waals surface area (Å²) >= 11 is 0. The molecule has 1 aliphatic heterocycles. The van der Waals surface area contributed by atoms with Crippen molar-refractivity contribution in [1.29, 1.82) is 0 Å². The van der Waals surface area contributed by atoms with Crippen LogP contribution in [0.4, 0.5) is 16.0 Å². The van der Waals surface area contributed by atoms with Gasteiger partial charge in [-0.25, -0.2) is 12.8 Å². The van der Waals surface area contributed by atoms with Crippen LogP contribution in [0.3, 0.4) is 0 Å². The molecule has 0 saturated carbocycles. The first-order valence-electron chi connectivity index (χ1n) is 10.2. The summed E-state index contributed by atoms with van der Waals surface area (Å²) in [5.74, 6) is 0.908. The lowest BCUT2D eigenvalue weighted by Gasteiger charge is -2.34. The molecule has 10 heteroatoms. The topological polar surface area (TPSA) is 78.9 Å². The Hall–Kier alpha value is -2.46. The number of benzene rings is 1. The maximum Gasteiger partial charge on any atom is 0.243 e. The second-order valence-corrected chi connectivity index (χ2v) is 8.78. The monoisotopic (exact) mass is 437 g/mol. The lowest BCUT2D eigenvalue weighted by molar-refractivity contribution is 0.321. The highest BCUT2D eigenvalue weighted by Gasteiger charge is 2.29. The molecule has 1 fully saturated rings. The number of hydrogen-bond acceptors (Lipinski definition) is 7. The van der Waals surface area contributed by atoms with Crippen LogP contribution < -0.4 is 14.5 Å². The van der Waals surface area contributed by atoms with E-state index < -0.39 is 15.8 Å². The Bertz CT molecular complexity index is 943. The first-order chi connectivity index (χ1) is 14.4. The van der Waals surface area contributed by atoms with Crippen LogP contribution in [0.2, 0.25) is 0 Å². The molecule has 1 aromatic heterocycles. The number of nitrogens with zero attached hydrogens (tertiary/aromatic N) is 5. The molecule has 0 spiro atoms. The summed E-state index contributed by atoms with van der Waals surface area (Å²) in [7, 11) is -3.78. The number of sulfonamides is 1. The lowest BCUT2D eigenvalue weighted by Crippen LogP contribution is -2.49. The number of piperazine rings is 1. The quantitative estimate of drug-likeness (QED) is 0.627. The van der Waals surface area contributed by atoms with E-state index in [1.54, 1.807) is 6.92 Å². The van der Waals surface area contributed by atoms with Crippen molar-refractivity contribution < 1.29 is 17.5 Å². The molecule has 0 unspecified atom stereocenters. The van der Waals surface area contributed by atoms with Gasteiger partial charge in [-0.3, -0.25) is 0 Å². The fourth-order valence-corrected chi connectivity index (χ4v) is 4.86. The molecule has 0 amide bonds. The fraction of sp³-hybridized carbons (Fsp3) is 0.500. The molecule has 1 aromatic carbocycles. The Morgan fingerprint density at radius 3 is 2.27 bits per heavy atom. The van der Waals surface area contributed by atoms with Gasteiger partial charge in [0.05, 0.1) is 11.5 Å². The van der Waals surface area contributed by atoms with Gasteiger partial charge in [-0.05, 0) is 51.1 Å². The van der Waals surface area contributed by atoms with Crippen molar-refractivity contribution in [2.45, 2.75) is 25.7 Å². The fourth-order valence-electron chi connectivity index (χ4n) is 3.42. The Labute approximate surface area is 177 Å². The van der Waals surface area contributed by atoms with Crippen molar-refractivity contribution in [3.8, 4) is 5.75 Å². The Morgan fingerprint density at radius 1 is 1.03 bits per heavy atom. The summed E-state index contributed by atoms with van der Waals surface area (Å²) in [4.78, 5) is 4.04. The normalized spacial score (nSPS) is 15.3. The molecular formula is C20H28FN5O3S. The van der Waals surface area contributed by atoms with Crippen molar-refractivity contribution in [1.82, 2.24) is 14.5 Å². The summed E-state index contributed by atoms with van der Waals surface area (Å²) in [5.41, 5.74) is 0. The summed E-state index contributed by atoms with van der Waals surface area (Å²) in [6, 6.07) is 7.60. The zero-order valence-corrected chi connectivity index (χ0v) is 18.4. The van der Waals surface area contributed by atoms with E-state index >= 15 is 0 Å². The molecular weight excluding hydrogens is 409 g/mol. The number of aromatic nitrogens is 2. The minimum Gasteiger partial charge on any atom is -0.491 e. The van der Waals surface area contributed by atoms with Crippen LogP contribution in [0.5, 0.6) is 5.75 Å². The third-order valence-electron chi connectivity index (χ3n) is 5.13. The maximum absolute atomic E-state index is 14.1. The van der Waals surface area contributed by atoms with Gasteiger partial charge in [-0.1, -0.05) is 0 Å². The molecule has 0 N–H and O–H groups in total. The first-order valence-corrected chi connectivity index (χ1v) is 11.6. The molecule has 3 rings (SSSR count). The predicted molar refractivity (Wildman–Crippen MR) is 114 cm³/mol. The van der Waals surface area contributed by atoms with Crippen LogP contribution in [-0.2, 0) is 10.0 Å². The van der Waals surface area contributed by atoms with Crippen LogP contribution >= 0.6 is 0 Å². The molecule has 1 aliphatic rings. The highest BCUT2D eigenvalue weighted by atomic mass is 32.2. The van der Waals surface area contributed by atoms with E-state index in [1.807, 2.05) is 17.0 Å². The summed E-state index contributed by atoms with van der Waals surface area (Å²) in [6.45, 7) is 9.43. The van der Waals surface area contributed by atoms with Gasteiger partial charge in [0.1, 0.15) is 0 Å². The summed E-state index contributed by atoms with van der Waals surface area (Å²) in [6.07, 6.45) is 0. The van der Waals surface area contributed by atoms with E-state index in [2.05, 4.69) is 28.9 Å². The van der Waals surface area contributed by atoms with Gasteiger partial charge >= 0.3 is 0 Å². The number of halogens is 1. The Morgan fingerprint density at radius 2 is 1.73 bits per heavy atom. The lowest BCUT2D eigenvalue weighted by atomic mass is 10.3. The summed E-state index contributed by atoms with van der Waals surface area (Å²) < 4.78 is 46.4. The SMILES string of the molecule is CCOc1ccc(S(=O)(=O)N2CCN(c3ccc(N(CC)CC)nn3)CC2)cc1F. The molecule has 2 heterocycles. The van der Waals surface area contributed by atoms with Crippen molar-refractivity contribution in [3.63, 3.8) is 0 Å². The van der Waals surface area contributed by atoms with Gasteiger partial charge in [0, 0.05) is 39.3 Å². The average Bonchev–Trinajstić information content (AvgIpc) is 2.76. The van der Waals surface area contributed by atoms with E-state index in [0.29, 0.717) is 19.7 Å². The Kier molecular flexibility index (Phi) is 7.09. The van der Waals surface area contributed by atoms with Crippen LogP contribution in [0.1, 0.15) is 20.8 Å². The molecule has 1 saturated heterocycles. The van der Waals surface area contributed by atoms with Crippen LogP contribution in [-0.4, -0.2) is 68.8 Å². The largest absolute Gasteiger partial charge is 0.491 e. The molecule has 0 atom stereocenters. The van der Waals surface area contributed by atoms with Gasteiger partial charge in [0.15, 0.2) is 23.2 Å². The second kappa shape index (κ2) is 9.57. The molecule has 164 valence electrons. The van der Waals surface area contributed by atoms with Crippen LogP contribution in [0.15, 0.2) is 35.2 Å². The van der Waals surface area contributed by atoms with E-state index in [4.69, 9.17) is 4.74 Å². The Balaban J connectivity index is 1.66. The molecule has 8 nitrogen and oxygen atoms in total. The van der Waals surface area contributed by atoms with Crippen molar-refractivity contribution in [3.05, 3.63) is 36.1 Å². The predicted octanol–water partition coefficient (Wildman–Crippen LogP) is 2.37. The number of rotatable bonds is 8. The van der Waals surface area contributed by atoms with E-state index in [1.165, 1.54) is 16.4 Å².